The highest BCUT2D eigenvalue weighted by Crippen LogP contribution is 2.41. The Labute approximate surface area is 149 Å². The number of hydrogen-bond acceptors (Lipinski definition) is 2. The van der Waals surface area contributed by atoms with Gasteiger partial charge < -0.3 is 5.32 Å². The molecule has 0 saturated carbocycles. The average Bonchev–Trinajstić information content (AvgIpc) is 3.19. The first-order valence-electron chi connectivity index (χ1n) is 8.46. The number of rotatable bonds is 2. The number of halogens is 3. The highest BCUT2D eigenvalue weighted by molar-refractivity contribution is 5.75. The van der Waals surface area contributed by atoms with Crippen molar-refractivity contribution in [1.29, 1.82) is 0 Å². The number of aryl methyl sites for hydroxylation is 2. The second kappa shape index (κ2) is 5.90. The fourth-order valence-electron chi connectivity index (χ4n) is 3.37. The van der Waals surface area contributed by atoms with Gasteiger partial charge in [-0.25, -0.2) is 4.68 Å². The summed E-state index contributed by atoms with van der Waals surface area (Å²) < 4.78 is 42.1. The largest absolute Gasteiger partial charge is 0.417 e. The number of hydrogen-bond donors (Lipinski definition) is 1. The van der Waals surface area contributed by atoms with E-state index in [-0.39, 0.29) is 5.56 Å². The minimum Gasteiger partial charge on any atom is -0.369 e. The lowest BCUT2D eigenvalue weighted by Gasteiger charge is -2.12. The van der Waals surface area contributed by atoms with Gasteiger partial charge in [-0.2, -0.15) is 18.3 Å². The van der Waals surface area contributed by atoms with Crippen LogP contribution in [0, 0.1) is 13.8 Å². The van der Waals surface area contributed by atoms with Crippen molar-refractivity contribution in [3.8, 4) is 16.9 Å². The van der Waals surface area contributed by atoms with Gasteiger partial charge in [-0.1, -0.05) is 24.3 Å². The lowest BCUT2D eigenvalue weighted by Crippen LogP contribution is -2.08. The van der Waals surface area contributed by atoms with Crippen molar-refractivity contribution >= 4 is 5.82 Å². The fraction of sp³-hybridized carbons (Fsp3) is 0.250. The molecule has 0 atom stereocenters. The third-order valence-electron chi connectivity index (χ3n) is 4.87. The molecule has 2 heterocycles. The lowest BCUT2D eigenvalue weighted by molar-refractivity contribution is -0.137. The molecule has 1 N–H and O–H groups in total. The van der Waals surface area contributed by atoms with Crippen LogP contribution in [0.25, 0.3) is 16.9 Å². The Morgan fingerprint density at radius 2 is 1.81 bits per heavy atom. The van der Waals surface area contributed by atoms with Gasteiger partial charge in [0.25, 0.3) is 0 Å². The van der Waals surface area contributed by atoms with Crippen LogP contribution in [0.2, 0.25) is 0 Å². The van der Waals surface area contributed by atoms with E-state index in [9.17, 15) is 13.2 Å². The normalized spacial score (nSPS) is 13.6. The Balaban J connectivity index is 1.92. The Kier molecular flexibility index (Phi) is 3.79. The quantitative estimate of drug-likeness (QED) is 0.688. The van der Waals surface area contributed by atoms with E-state index >= 15 is 0 Å². The maximum atomic E-state index is 13.5. The van der Waals surface area contributed by atoms with Gasteiger partial charge in [-0.05, 0) is 49.6 Å². The molecular formula is C20H18F3N3. The van der Waals surface area contributed by atoms with E-state index in [1.54, 1.807) is 10.7 Å². The second-order valence-electron chi connectivity index (χ2n) is 6.58. The van der Waals surface area contributed by atoms with Gasteiger partial charge in [0, 0.05) is 17.7 Å². The molecule has 3 nitrogen and oxygen atoms in total. The number of nitrogens with one attached hydrogen (secondary N) is 1. The van der Waals surface area contributed by atoms with Crippen LogP contribution in [0.1, 0.15) is 22.3 Å². The lowest BCUT2D eigenvalue weighted by atomic mass is 10.0. The summed E-state index contributed by atoms with van der Waals surface area (Å²) in [5, 5.41) is 7.84. The second-order valence-corrected chi connectivity index (χ2v) is 6.58. The molecule has 0 saturated heterocycles. The van der Waals surface area contributed by atoms with E-state index in [1.807, 2.05) is 32.0 Å². The zero-order valence-electron chi connectivity index (χ0n) is 14.5. The predicted molar refractivity (Wildman–Crippen MR) is 95.7 cm³/mol. The van der Waals surface area contributed by atoms with Gasteiger partial charge in [0.05, 0.1) is 16.9 Å². The third kappa shape index (κ3) is 2.66. The summed E-state index contributed by atoms with van der Waals surface area (Å²) in [4.78, 5) is 0. The van der Waals surface area contributed by atoms with Gasteiger partial charge in [-0.15, -0.1) is 0 Å². The number of alkyl halides is 3. The van der Waals surface area contributed by atoms with Crippen LogP contribution in [0.15, 0.2) is 42.5 Å². The molecule has 3 aromatic rings. The molecule has 0 radical (unpaired) electrons. The van der Waals surface area contributed by atoms with E-state index in [0.29, 0.717) is 18.7 Å². The molecule has 0 amide bonds. The van der Waals surface area contributed by atoms with Crippen molar-refractivity contribution in [2.24, 2.45) is 0 Å². The van der Waals surface area contributed by atoms with Crippen molar-refractivity contribution in [1.82, 2.24) is 9.78 Å². The Hall–Kier alpha value is -2.76. The third-order valence-corrected chi connectivity index (χ3v) is 4.87. The number of fused-ring (bicyclic) bond motifs is 1. The predicted octanol–water partition coefficient (Wildman–Crippen LogP) is 5.14. The molecule has 26 heavy (non-hydrogen) atoms. The summed E-state index contributed by atoms with van der Waals surface area (Å²) in [7, 11) is 0. The molecule has 4 rings (SSSR count). The molecule has 1 aliphatic heterocycles. The zero-order valence-corrected chi connectivity index (χ0v) is 14.5. The van der Waals surface area contributed by atoms with Crippen LogP contribution in [-0.2, 0) is 12.6 Å². The zero-order chi connectivity index (χ0) is 18.5. The van der Waals surface area contributed by atoms with E-state index in [4.69, 9.17) is 0 Å². The maximum Gasteiger partial charge on any atom is 0.417 e. The van der Waals surface area contributed by atoms with E-state index in [2.05, 4.69) is 10.4 Å². The van der Waals surface area contributed by atoms with Crippen molar-refractivity contribution in [3.63, 3.8) is 0 Å². The Morgan fingerprint density at radius 3 is 2.54 bits per heavy atom. The van der Waals surface area contributed by atoms with Gasteiger partial charge in [0.1, 0.15) is 5.82 Å². The number of nitrogens with zero attached hydrogens (tertiary/aromatic N) is 2. The molecule has 0 unspecified atom stereocenters. The highest BCUT2D eigenvalue weighted by atomic mass is 19.4. The molecule has 1 aromatic heterocycles. The van der Waals surface area contributed by atoms with Crippen molar-refractivity contribution < 1.29 is 13.2 Å². The summed E-state index contributed by atoms with van der Waals surface area (Å²) in [5.41, 5.74) is 3.82. The minimum atomic E-state index is -4.42. The molecule has 2 aromatic carbocycles. The van der Waals surface area contributed by atoms with E-state index in [0.717, 1.165) is 34.3 Å². The van der Waals surface area contributed by atoms with Crippen LogP contribution < -0.4 is 5.32 Å². The molecule has 0 spiro atoms. The van der Waals surface area contributed by atoms with Crippen molar-refractivity contribution in [2.75, 3.05) is 11.9 Å². The van der Waals surface area contributed by atoms with Crippen molar-refractivity contribution in [3.05, 3.63) is 64.7 Å². The molecule has 0 fully saturated rings. The van der Waals surface area contributed by atoms with Gasteiger partial charge >= 0.3 is 6.18 Å². The van der Waals surface area contributed by atoms with Crippen molar-refractivity contribution in [2.45, 2.75) is 26.4 Å². The molecule has 0 bridgehead atoms. The summed E-state index contributed by atoms with van der Waals surface area (Å²) in [6.45, 7) is 4.73. The van der Waals surface area contributed by atoms with Gasteiger partial charge in [0.2, 0.25) is 0 Å². The van der Waals surface area contributed by atoms with Crippen LogP contribution in [-0.4, -0.2) is 16.3 Å². The van der Waals surface area contributed by atoms with Crippen LogP contribution in [0.5, 0.6) is 0 Å². The van der Waals surface area contributed by atoms with Crippen LogP contribution in [0.3, 0.4) is 0 Å². The number of benzene rings is 2. The highest BCUT2D eigenvalue weighted by Gasteiger charge is 2.35. The number of aromatic nitrogens is 2. The Bertz CT molecular complexity index is 986. The minimum absolute atomic E-state index is 0.127. The Morgan fingerprint density at radius 1 is 1.04 bits per heavy atom. The number of anilines is 1. The summed E-state index contributed by atoms with van der Waals surface area (Å²) >= 11 is 0. The first-order chi connectivity index (χ1) is 12.4. The first-order valence-corrected chi connectivity index (χ1v) is 8.46. The smallest absolute Gasteiger partial charge is 0.369 e. The molecule has 0 aliphatic carbocycles. The standard InChI is InChI=1S/C20H18F3N3/c1-12-7-8-14(11-13(12)2)26-19-16(9-10-24-19)18(25-26)15-5-3-4-6-17(15)20(21,22)23/h3-8,11,24H,9-10H2,1-2H3. The summed E-state index contributed by atoms with van der Waals surface area (Å²) in [6, 6.07) is 11.6. The monoisotopic (exact) mass is 357 g/mol. The van der Waals surface area contributed by atoms with Crippen LogP contribution in [0.4, 0.5) is 19.0 Å². The first kappa shape index (κ1) is 16.7. The molecular weight excluding hydrogens is 339 g/mol. The van der Waals surface area contributed by atoms with Gasteiger partial charge in [0.15, 0.2) is 0 Å². The summed E-state index contributed by atoms with van der Waals surface area (Å²) in [6.07, 6.45) is -3.76. The SMILES string of the molecule is Cc1ccc(-n2nc(-c3ccccc3C(F)(F)F)c3c2NCC3)cc1C. The average molecular weight is 357 g/mol. The van der Waals surface area contributed by atoms with E-state index in [1.165, 1.54) is 12.1 Å². The van der Waals surface area contributed by atoms with Gasteiger partial charge in [-0.3, -0.25) is 0 Å². The fourth-order valence-corrected chi connectivity index (χ4v) is 3.37. The maximum absolute atomic E-state index is 13.5. The molecule has 134 valence electrons. The van der Waals surface area contributed by atoms with E-state index < -0.39 is 11.7 Å². The summed E-state index contributed by atoms with van der Waals surface area (Å²) in [5.74, 6) is 0.778. The topological polar surface area (TPSA) is 29.9 Å². The molecule has 6 heteroatoms. The van der Waals surface area contributed by atoms with Crippen LogP contribution >= 0.6 is 0 Å². The molecule has 1 aliphatic rings.